The minimum Gasteiger partial charge on any atom is -0.444 e. The van der Waals surface area contributed by atoms with E-state index in [1.165, 1.54) is 0 Å². The number of alkyl halides is 1. The summed E-state index contributed by atoms with van der Waals surface area (Å²) < 4.78 is 21.8. The molecule has 7 heteroatoms. The molecule has 0 saturated carbocycles. The number of hydrogen-bond donors (Lipinski definition) is 0. The van der Waals surface area contributed by atoms with Crippen molar-refractivity contribution >= 4 is 22.0 Å². The molecule has 0 saturated heterocycles. The third-order valence-electron chi connectivity index (χ3n) is 3.14. The SMILES string of the molecule is CCN(CC(C)(CBr)OCC(COC)OC)C(=O)OC(C)(C)C. The van der Waals surface area contributed by atoms with Crippen molar-refractivity contribution in [3.05, 3.63) is 0 Å². The van der Waals surface area contributed by atoms with E-state index < -0.39 is 11.2 Å². The lowest BCUT2D eigenvalue weighted by Crippen LogP contribution is -2.49. The van der Waals surface area contributed by atoms with Crippen LogP contribution in [0.25, 0.3) is 0 Å². The van der Waals surface area contributed by atoms with Gasteiger partial charge >= 0.3 is 6.09 Å². The summed E-state index contributed by atoms with van der Waals surface area (Å²) in [6.45, 7) is 11.2. The standard InChI is InChI=1S/C16H32BrNO5/c1-8-18(14(19)23-15(2,3)4)12-16(5,11-17)22-10-13(21-7)9-20-6/h13H,8-12H2,1-7H3. The second-order valence-electron chi connectivity index (χ2n) is 6.70. The Morgan fingerprint density at radius 3 is 2.17 bits per heavy atom. The van der Waals surface area contributed by atoms with Crippen molar-refractivity contribution in [1.29, 1.82) is 0 Å². The van der Waals surface area contributed by atoms with Gasteiger partial charge in [-0.2, -0.15) is 0 Å². The molecule has 0 rings (SSSR count). The average molecular weight is 398 g/mol. The van der Waals surface area contributed by atoms with Crippen molar-refractivity contribution < 1.29 is 23.7 Å². The van der Waals surface area contributed by atoms with Gasteiger partial charge in [0.2, 0.25) is 0 Å². The third-order valence-corrected chi connectivity index (χ3v) is 4.33. The van der Waals surface area contributed by atoms with Crippen LogP contribution in [0.3, 0.4) is 0 Å². The van der Waals surface area contributed by atoms with Gasteiger partial charge in [0.1, 0.15) is 11.7 Å². The summed E-state index contributed by atoms with van der Waals surface area (Å²) in [5.74, 6) is 0. The first-order valence-corrected chi connectivity index (χ1v) is 8.92. The van der Waals surface area contributed by atoms with Gasteiger partial charge in [-0.15, -0.1) is 0 Å². The number of nitrogens with zero attached hydrogens (tertiary/aromatic N) is 1. The topological polar surface area (TPSA) is 57.2 Å². The molecular weight excluding hydrogens is 366 g/mol. The van der Waals surface area contributed by atoms with Crippen LogP contribution < -0.4 is 0 Å². The van der Waals surface area contributed by atoms with E-state index in [1.807, 2.05) is 34.6 Å². The minimum absolute atomic E-state index is 0.144. The lowest BCUT2D eigenvalue weighted by Gasteiger charge is -2.35. The Balaban J connectivity index is 4.75. The Morgan fingerprint density at radius 2 is 1.78 bits per heavy atom. The number of rotatable bonds is 10. The molecule has 0 spiro atoms. The largest absolute Gasteiger partial charge is 0.444 e. The highest BCUT2D eigenvalue weighted by Crippen LogP contribution is 2.19. The first-order chi connectivity index (χ1) is 10.6. The van der Waals surface area contributed by atoms with Crippen LogP contribution in [0.1, 0.15) is 34.6 Å². The van der Waals surface area contributed by atoms with Crippen molar-refractivity contribution in [2.45, 2.75) is 51.9 Å². The molecule has 0 fully saturated rings. The van der Waals surface area contributed by atoms with Crippen molar-refractivity contribution in [2.24, 2.45) is 0 Å². The molecule has 0 aromatic carbocycles. The Hall–Kier alpha value is -0.370. The van der Waals surface area contributed by atoms with Gasteiger partial charge in [0.15, 0.2) is 0 Å². The summed E-state index contributed by atoms with van der Waals surface area (Å²) in [5.41, 5.74) is -1.06. The average Bonchev–Trinajstić information content (AvgIpc) is 2.47. The molecule has 0 heterocycles. The second kappa shape index (κ2) is 10.5. The van der Waals surface area contributed by atoms with Gasteiger partial charge in [-0.1, -0.05) is 15.9 Å². The molecule has 2 atom stereocenters. The van der Waals surface area contributed by atoms with E-state index in [0.717, 1.165) is 0 Å². The van der Waals surface area contributed by atoms with Gasteiger partial charge in [0, 0.05) is 26.1 Å². The number of amides is 1. The fourth-order valence-corrected chi connectivity index (χ4v) is 2.17. The van der Waals surface area contributed by atoms with Crippen LogP contribution in [0.2, 0.25) is 0 Å². The van der Waals surface area contributed by atoms with Gasteiger partial charge < -0.3 is 23.8 Å². The van der Waals surface area contributed by atoms with Gasteiger partial charge in [0.25, 0.3) is 0 Å². The third kappa shape index (κ3) is 9.49. The molecule has 0 aromatic rings. The molecule has 1 amide bonds. The highest BCUT2D eigenvalue weighted by Gasteiger charge is 2.31. The van der Waals surface area contributed by atoms with Crippen LogP contribution in [0, 0.1) is 0 Å². The molecule has 0 aliphatic carbocycles. The summed E-state index contributed by atoms with van der Waals surface area (Å²) in [4.78, 5) is 13.9. The Kier molecular flexibility index (Phi) is 10.3. The monoisotopic (exact) mass is 397 g/mol. The smallest absolute Gasteiger partial charge is 0.410 e. The lowest BCUT2D eigenvalue weighted by molar-refractivity contribution is -0.0937. The van der Waals surface area contributed by atoms with E-state index in [2.05, 4.69) is 15.9 Å². The van der Waals surface area contributed by atoms with E-state index in [1.54, 1.807) is 19.1 Å². The molecular formula is C16H32BrNO5. The summed E-state index contributed by atoms with van der Waals surface area (Å²) >= 11 is 3.48. The maximum atomic E-state index is 12.3. The van der Waals surface area contributed by atoms with Crippen molar-refractivity contribution in [3.8, 4) is 0 Å². The predicted octanol–water partition coefficient (Wildman–Crippen LogP) is 3.08. The Bertz CT molecular complexity index is 348. The number of likely N-dealkylation sites (N-methyl/N-ethyl adjacent to an activating group) is 1. The zero-order chi connectivity index (χ0) is 18.1. The number of carbonyl (C=O) groups is 1. The maximum absolute atomic E-state index is 12.3. The number of halogens is 1. The highest BCUT2D eigenvalue weighted by atomic mass is 79.9. The number of carbonyl (C=O) groups excluding carboxylic acids is 1. The predicted molar refractivity (Wildman–Crippen MR) is 94.3 cm³/mol. The molecule has 2 unspecified atom stereocenters. The van der Waals surface area contributed by atoms with Gasteiger partial charge in [-0.25, -0.2) is 4.79 Å². The number of ether oxygens (including phenoxy) is 4. The quantitative estimate of drug-likeness (QED) is 0.530. The van der Waals surface area contributed by atoms with Crippen molar-refractivity contribution in [1.82, 2.24) is 4.90 Å². The van der Waals surface area contributed by atoms with E-state index in [4.69, 9.17) is 18.9 Å². The maximum Gasteiger partial charge on any atom is 0.410 e. The van der Waals surface area contributed by atoms with Crippen LogP contribution in [0.4, 0.5) is 4.79 Å². The van der Waals surface area contributed by atoms with Crippen LogP contribution in [-0.2, 0) is 18.9 Å². The molecule has 0 radical (unpaired) electrons. The molecule has 138 valence electrons. The summed E-state index contributed by atoms with van der Waals surface area (Å²) in [7, 11) is 3.24. The highest BCUT2D eigenvalue weighted by molar-refractivity contribution is 9.09. The Morgan fingerprint density at radius 1 is 1.17 bits per heavy atom. The fourth-order valence-electron chi connectivity index (χ4n) is 1.83. The van der Waals surface area contributed by atoms with E-state index in [-0.39, 0.29) is 12.2 Å². The van der Waals surface area contributed by atoms with E-state index in [9.17, 15) is 4.79 Å². The molecule has 0 aliphatic rings. The molecule has 0 N–H and O–H groups in total. The van der Waals surface area contributed by atoms with Crippen molar-refractivity contribution in [3.63, 3.8) is 0 Å². The van der Waals surface area contributed by atoms with Crippen LogP contribution >= 0.6 is 15.9 Å². The van der Waals surface area contributed by atoms with Crippen LogP contribution in [-0.4, -0.2) is 74.2 Å². The van der Waals surface area contributed by atoms with Crippen molar-refractivity contribution in [2.75, 3.05) is 45.9 Å². The lowest BCUT2D eigenvalue weighted by atomic mass is 10.1. The first kappa shape index (κ1) is 22.6. The van der Waals surface area contributed by atoms with Crippen LogP contribution in [0.15, 0.2) is 0 Å². The Labute approximate surface area is 148 Å². The molecule has 6 nitrogen and oxygen atoms in total. The molecule has 0 aromatic heterocycles. The normalized spacial score (nSPS) is 15.8. The van der Waals surface area contributed by atoms with Gasteiger partial charge in [-0.3, -0.25) is 0 Å². The zero-order valence-corrected chi connectivity index (χ0v) is 17.1. The number of hydrogen-bond acceptors (Lipinski definition) is 5. The molecule has 0 bridgehead atoms. The van der Waals surface area contributed by atoms with Gasteiger partial charge in [-0.05, 0) is 34.6 Å². The molecule has 23 heavy (non-hydrogen) atoms. The van der Waals surface area contributed by atoms with Crippen LogP contribution in [0.5, 0.6) is 0 Å². The fraction of sp³-hybridized carbons (Fsp3) is 0.938. The summed E-state index contributed by atoms with van der Waals surface area (Å²) in [5, 5.41) is 0.586. The minimum atomic E-state index is -0.544. The first-order valence-electron chi connectivity index (χ1n) is 7.80. The summed E-state index contributed by atoms with van der Waals surface area (Å²) in [6, 6.07) is 0. The summed E-state index contributed by atoms with van der Waals surface area (Å²) in [6.07, 6.45) is -0.481. The number of methoxy groups -OCH3 is 2. The van der Waals surface area contributed by atoms with E-state index >= 15 is 0 Å². The van der Waals surface area contributed by atoms with Gasteiger partial charge in [0.05, 0.1) is 25.4 Å². The second-order valence-corrected chi connectivity index (χ2v) is 7.26. The zero-order valence-electron chi connectivity index (χ0n) is 15.5. The molecule has 0 aliphatic heterocycles. The van der Waals surface area contributed by atoms with E-state index in [0.29, 0.717) is 31.6 Å².